The highest BCUT2D eigenvalue weighted by Gasteiger charge is 2.28. The summed E-state index contributed by atoms with van der Waals surface area (Å²) in [5, 5.41) is 12.6. The second-order valence-electron chi connectivity index (χ2n) is 4.63. The minimum absolute atomic E-state index is 0.106. The van der Waals surface area contributed by atoms with Crippen molar-refractivity contribution in [2.24, 2.45) is 5.92 Å². The lowest BCUT2D eigenvalue weighted by Gasteiger charge is -2.29. The van der Waals surface area contributed by atoms with Gasteiger partial charge in [-0.3, -0.25) is 4.79 Å². The van der Waals surface area contributed by atoms with E-state index >= 15 is 0 Å². The molecule has 86 valence electrons. The van der Waals surface area contributed by atoms with Gasteiger partial charge >= 0.3 is 5.97 Å². The molecule has 0 bridgehead atoms. The Hall–Kier alpha value is -0.220. The van der Waals surface area contributed by atoms with Gasteiger partial charge in [0.1, 0.15) is 0 Å². The molecule has 1 aliphatic carbocycles. The number of thioether (sulfide) groups is 1. The maximum atomic E-state index is 10.9. The van der Waals surface area contributed by atoms with E-state index in [1.165, 1.54) is 17.9 Å². The minimum atomic E-state index is -0.609. The molecule has 1 heterocycles. The van der Waals surface area contributed by atoms with Gasteiger partial charge in [0.15, 0.2) is 0 Å². The van der Waals surface area contributed by atoms with Crippen LogP contribution in [-0.4, -0.2) is 34.7 Å². The fraction of sp³-hybridized carbons (Fsp3) is 0.909. The second kappa shape index (κ2) is 5.21. The van der Waals surface area contributed by atoms with Gasteiger partial charge in [0.05, 0.1) is 5.92 Å². The van der Waals surface area contributed by atoms with E-state index in [1.54, 1.807) is 0 Å². The smallest absolute Gasteiger partial charge is 0.306 e. The first-order valence-corrected chi connectivity index (χ1v) is 6.98. The van der Waals surface area contributed by atoms with Gasteiger partial charge in [-0.2, -0.15) is 11.8 Å². The Balaban J connectivity index is 1.79. The molecule has 0 radical (unpaired) electrons. The highest BCUT2D eigenvalue weighted by Crippen LogP contribution is 2.26. The molecule has 2 rings (SSSR count). The SMILES string of the molecule is O=C(O)C1CCCC(NC2CCSC2)C1. The summed E-state index contributed by atoms with van der Waals surface area (Å²) in [7, 11) is 0. The molecule has 0 aromatic rings. The quantitative estimate of drug-likeness (QED) is 0.773. The van der Waals surface area contributed by atoms with Crippen LogP contribution in [0.1, 0.15) is 32.1 Å². The normalized spacial score (nSPS) is 36.7. The van der Waals surface area contributed by atoms with Gasteiger partial charge in [0.2, 0.25) is 0 Å². The van der Waals surface area contributed by atoms with E-state index in [1.807, 2.05) is 11.8 Å². The molecule has 4 heteroatoms. The zero-order chi connectivity index (χ0) is 10.7. The van der Waals surface area contributed by atoms with Crippen molar-refractivity contribution in [1.29, 1.82) is 0 Å². The molecular weight excluding hydrogens is 210 g/mol. The third-order valence-electron chi connectivity index (χ3n) is 3.42. The molecule has 1 saturated carbocycles. The first kappa shape index (κ1) is 11.3. The van der Waals surface area contributed by atoms with E-state index in [9.17, 15) is 4.79 Å². The summed E-state index contributed by atoms with van der Waals surface area (Å²) < 4.78 is 0. The van der Waals surface area contributed by atoms with E-state index in [4.69, 9.17) is 5.11 Å². The van der Waals surface area contributed by atoms with Crippen LogP contribution in [0.5, 0.6) is 0 Å². The molecule has 1 aliphatic heterocycles. The monoisotopic (exact) mass is 229 g/mol. The lowest BCUT2D eigenvalue weighted by atomic mass is 9.85. The Morgan fingerprint density at radius 1 is 1.27 bits per heavy atom. The molecule has 2 fully saturated rings. The van der Waals surface area contributed by atoms with Gasteiger partial charge in [-0.25, -0.2) is 0 Å². The van der Waals surface area contributed by atoms with Gasteiger partial charge in [-0.15, -0.1) is 0 Å². The summed E-state index contributed by atoms with van der Waals surface area (Å²) in [5.74, 6) is 1.74. The molecule has 1 saturated heterocycles. The van der Waals surface area contributed by atoms with Crippen molar-refractivity contribution in [2.75, 3.05) is 11.5 Å². The van der Waals surface area contributed by atoms with Gasteiger partial charge in [-0.1, -0.05) is 6.42 Å². The summed E-state index contributed by atoms with van der Waals surface area (Å²) in [6.07, 6.45) is 5.17. The highest BCUT2D eigenvalue weighted by atomic mass is 32.2. The largest absolute Gasteiger partial charge is 0.481 e. The minimum Gasteiger partial charge on any atom is -0.481 e. The van der Waals surface area contributed by atoms with Crippen LogP contribution in [-0.2, 0) is 4.79 Å². The number of aliphatic carboxylic acids is 1. The van der Waals surface area contributed by atoms with Gasteiger partial charge < -0.3 is 10.4 Å². The van der Waals surface area contributed by atoms with Crippen LogP contribution in [0.15, 0.2) is 0 Å². The molecule has 3 nitrogen and oxygen atoms in total. The molecule has 0 amide bonds. The van der Waals surface area contributed by atoms with Crippen LogP contribution in [0, 0.1) is 5.92 Å². The van der Waals surface area contributed by atoms with Crippen LogP contribution in [0.3, 0.4) is 0 Å². The van der Waals surface area contributed by atoms with Crippen LogP contribution >= 0.6 is 11.8 Å². The zero-order valence-electron chi connectivity index (χ0n) is 8.95. The van der Waals surface area contributed by atoms with Crippen molar-refractivity contribution in [3.8, 4) is 0 Å². The van der Waals surface area contributed by atoms with Crippen molar-refractivity contribution < 1.29 is 9.90 Å². The standard InChI is InChI=1S/C11H19NO2S/c13-11(14)8-2-1-3-9(6-8)12-10-4-5-15-7-10/h8-10,12H,1-7H2,(H,13,14). The van der Waals surface area contributed by atoms with Crippen LogP contribution < -0.4 is 5.32 Å². The molecule has 15 heavy (non-hydrogen) atoms. The first-order valence-electron chi connectivity index (χ1n) is 5.82. The molecule has 3 unspecified atom stereocenters. The Kier molecular flexibility index (Phi) is 3.92. The van der Waals surface area contributed by atoms with Crippen LogP contribution in [0.25, 0.3) is 0 Å². The number of rotatable bonds is 3. The van der Waals surface area contributed by atoms with Crippen LogP contribution in [0.4, 0.5) is 0 Å². The molecule has 0 spiro atoms. The fourth-order valence-electron chi connectivity index (χ4n) is 2.56. The summed E-state index contributed by atoms with van der Waals surface area (Å²) in [6, 6.07) is 1.08. The zero-order valence-corrected chi connectivity index (χ0v) is 9.76. The lowest BCUT2D eigenvalue weighted by molar-refractivity contribution is -0.143. The number of carboxylic acid groups (broad SMARTS) is 1. The molecule has 0 aromatic carbocycles. The van der Waals surface area contributed by atoms with E-state index < -0.39 is 5.97 Å². The Morgan fingerprint density at radius 3 is 2.80 bits per heavy atom. The van der Waals surface area contributed by atoms with Gasteiger partial charge in [-0.05, 0) is 31.4 Å². The summed E-state index contributed by atoms with van der Waals surface area (Å²) in [4.78, 5) is 10.9. The second-order valence-corrected chi connectivity index (χ2v) is 5.78. The lowest BCUT2D eigenvalue weighted by Crippen LogP contribution is -2.42. The third kappa shape index (κ3) is 3.11. The predicted molar refractivity (Wildman–Crippen MR) is 62.2 cm³/mol. The van der Waals surface area contributed by atoms with Gasteiger partial charge in [0.25, 0.3) is 0 Å². The van der Waals surface area contributed by atoms with Crippen molar-refractivity contribution in [3.05, 3.63) is 0 Å². The average Bonchev–Trinajstić information content (AvgIpc) is 2.71. The predicted octanol–water partition coefficient (Wildman–Crippen LogP) is 1.72. The fourth-order valence-corrected chi connectivity index (χ4v) is 3.73. The molecule has 3 atom stereocenters. The number of nitrogens with one attached hydrogen (secondary N) is 1. The number of hydrogen-bond acceptors (Lipinski definition) is 3. The van der Waals surface area contributed by atoms with Gasteiger partial charge in [0, 0.05) is 17.8 Å². The number of carboxylic acids is 1. The Labute approximate surface area is 95.0 Å². The van der Waals surface area contributed by atoms with Crippen LogP contribution in [0.2, 0.25) is 0 Å². The van der Waals surface area contributed by atoms with E-state index in [0.29, 0.717) is 12.1 Å². The average molecular weight is 229 g/mol. The number of carbonyl (C=O) groups is 1. The van der Waals surface area contributed by atoms with E-state index in [0.717, 1.165) is 25.7 Å². The Bertz CT molecular complexity index is 229. The molecule has 0 aromatic heterocycles. The molecule has 2 N–H and O–H groups in total. The van der Waals surface area contributed by atoms with E-state index in [2.05, 4.69) is 5.32 Å². The molecular formula is C11H19NO2S. The topological polar surface area (TPSA) is 49.3 Å². The molecule has 2 aliphatic rings. The Morgan fingerprint density at radius 2 is 2.13 bits per heavy atom. The third-order valence-corrected chi connectivity index (χ3v) is 4.59. The van der Waals surface area contributed by atoms with E-state index in [-0.39, 0.29) is 5.92 Å². The maximum absolute atomic E-state index is 10.9. The maximum Gasteiger partial charge on any atom is 0.306 e. The van der Waals surface area contributed by atoms with Crippen molar-refractivity contribution in [1.82, 2.24) is 5.32 Å². The highest BCUT2D eigenvalue weighted by molar-refractivity contribution is 7.99. The summed E-state index contributed by atoms with van der Waals surface area (Å²) in [6.45, 7) is 0. The first-order chi connectivity index (χ1) is 7.25. The number of hydrogen-bond donors (Lipinski definition) is 2. The van der Waals surface area contributed by atoms with Crippen molar-refractivity contribution in [2.45, 2.75) is 44.2 Å². The summed E-state index contributed by atoms with van der Waals surface area (Å²) in [5.41, 5.74) is 0. The summed E-state index contributed by atoms with van der Waals surface area (Å²) >= 11 is 2.00. The van der Waals surface area contributed by atoms with Crippen molar-refractivity contribution in [3.63, 3.8) is 0 Å². The van der Waals surface area contributed by atoms with Crippen molar-refractivity contribution >= 4 is 17.7 Å².